The maximum absolute atomic E-state index is 13.3. The van der Waals surface area contributed by atoms with Crippen molar-refractivity contribution >= 4 is 26.5 Å². The minimum Gasteiger partial charge on any atom is -0.302 e. The van der Waals surface area contributed by atoms with E-state index in [9.17, 15) is 22.4 Å². The minimum absolute atomic E-state index is 0.0670. The Balaban J connectivity index is 1.87. The van der Waals surface area contributed by atoms with Gasteiger partial charge in [-0.2, -0.15) is 0 Å². The van der Waals surface area contributed by atoms with Crippen molar-refractivity contribution in [3.05, 3.63) is 73.8 Å². The van der Waals surface area contributed by atoms with E-state index < -0.39 is 26.2 Å². The smallest absolute Gasteiger partial charge is 0.302 e. The van der Waals surface area contributed by atoms with Crippen molar-refractivity contribution in [1.82, 2.24) is 14.1 Å². The molecule has 1 N–H and O–H groups in total. The molecule has 2 heterocycles. The molecule has 0 bridgehead atoms. The van der Waals surface area contributed by atoms with Crippen LogP contribution in [0.5, 0.6) is 0 Å². The van der Waals surface area contributed by atoms with Crippen molar-refractivity contribution in [2.75, 3.05) is 4.72 Å². The van der Waals surface area contributed by atoms with E-state index >= 15 is 0 Å². The van der Waals surface area contributed by atoms with E-state index in [1.807, 2.05) is 0 Å². The first-order valence-corrected chi connectivity index (χ1v) is 9.96. The predicted octanol–water partition coefficient (Wildman–Crippen LogP) is 1.07. The van der Waals surface area contributed by atoms with Crippen LogP contribution in [0.1, 0.15) is 10.4 Å². The van der Waals surface area contributed by atoms with Gasteiger partial charge in [-0.15, -0.1) is 11.3 Å². The first-order chi connectivity index (χ1) is 12.7. The number of aryl methyl sites for hydroxylation is 1. The van der Waals surface area contributed by atoms with Gasteiger partial charge >= 0.3 is 5.69 Å². The van der Waals surface area contributed by atoms with Crippen LogP contribution in [0, 0.1) is 5.82 Å². The summed E-state index contributed by atoms with van der Waals surface area (Å²) in [4.78, 5) is 28.0. The fourth-order valence-electron chi connectivity index (χ4n) is 2.41. The van der Waals surface area contributed by atoms with Gasteiger partial charge in [-0.3, -0.25) is 14.1 Å². The summed E-state index contributed by atoms with van der Waals surface area (Å²) < 4.78 is 42.3. The highest BCUT2D eigenvalue weighted by Gasteiger charge is 2.22. The Labute approximate surface area is 157 Å². The molecule has 0 aliphatic rings. The summed E-state index contributed by atoms with van der Waals surface area (Å²) in [5.74, 6) is -0.358. The van der Waals surface area contributed by atoms with Crippen molar-refractivity contribution < 1.29 is 12.8 Å². The maximum atomic E-state index is 13.3. The lowest BCUT2D eigenvalue weighted by Crippen LogP contribution is -2.40. The molecule has 0 saturated carbocycles. The molecule has 0 radical (unpaired) electrons. The molecule has 11 heteroatoms. The summed E-state index contributed by atoms with van der Waals surface area (Å²) in [5.41, 5.74) is -0.840. The zero-order valence-electron chi connectivity index (χ0n) is 14.3. The number of hydrogen-bond acceptors (Lipinski definition) is 6. The third-order valence-electron chi connectivity index (χ3n) is 3.75. The Morgan fingerprint density at radius 1 is 1.26 bits per heavy atom. The molecular formula is C16H15FN4O4S2. The molecule has 27 heavy (non-hydrogen) atoms. The summed E-state index contributed by atoms with van der Waals surface area (Å²) >= 11 is 1.07. The Kier molecular flexibility index (Phi) is 4.98. The number of hydrogen-bond donors (Lipinski definition) is 1. The van der Waals surface area contributed by atoms with Gasteiger partial charge in [-0.25, -0.2) is 22.6 Å². The van der Waals surface area contributed by atoms with E-state index in [1.54, 1.807) is 12.1 Å². The Hall–Kier alpha value is -2.79. The number of anilines is 1. The van der Waals surface area contributed by atoms with Gasteiger partial charge in [0.15, 0.2) is 10.0 Å². The lowest BCUT2D eigenvalue weighted by atomic mass is 10.1. The number of benzene rings is 1. The van der Waals surface area contributed by atoms with Crippen molar-refractivity contribution in [3.8, 4) is 0 Å². The Morgan fingerprint density at radius 3 is 2.70 bits per heavy atom. The summed E-state index contributed by atoms with van der Waals surface area (Å²) in [7, 11) is -1.68. The Morgan fingerprint density at radius 2 is 2.00 bits per heavy atom. The monoisotopic (exact) mass is 410 g/mol. The highest BCUT2D eigenvalue weighted by molar-refractivity contribution is 7.92. The third-order valence-corrected chi connectivity index (χ3v) is 6.11. The topological polar surface area (TPSA) is 103 Å². The van der Waals surface area contributed by atoms with E-state index in [2.05, 4.69) is 9.71 Å². The fourth-order valence-corrected chi connectivity index (χ4v) is 4.66. The van der Waals surface area contributed by atoms with E-state index in [-0.39, 0.29) is 10.9 Å². The van der Waals surface area contributed by atoms with Gasteiger partial charge in [0.25, 0.3) is 15.6 Å². The van der Waals surface area contributed by atoms with Crippen molar-refractivity contribution in [3.63, 3.8) is 0 Å². The molecule has 3 rings (SSSR count). The normalized spacial score (nSPS) is 11.5. The van der Waals surface area contributed by atoms with Crippen molar-refractivity contribution in [1.29, 1.82) is 0 Å². The zero-order chi connectivity index (χ0) is 19.8. The van der Waals surface area contributed by atoms with Crippen LogP contribution < -0.4 is 16.0 Å². The zero-order valence-corrected chi connectivity index (χ0v) is 16.0. The number of thiazole rings is 1. The van der Waals surface area contributed by atoms with Crippen LogP contribution >= 0.6 is 11.3 Å². The van der Waals surface area contributed by atoms with Crippen LogP contribution in [0.3, 0.4) is 0 Å². The number of rotatable bonds is 5. The van der Waals surface area contributed by atoms with E-state index in [4.69, 9.17) is 0 Å². The minimum atomic E-state index is -4.23. The lowest BCUT2D eigenvalue weighted by molar-refractivity contribution is 0.589. The predicted molar refractivity (Wildman–Crippen MR) is 99.1 cm³/mol. The van der Waals surface area contributed by atoms with Gasteiger partial charge in [-0.05, 0) is 17.7 Å². The van der Waals surface area contributed by atoms with Gasteiger partial charge < -0.3 is 4.57 Å². The summed E-state index contributed by atoms with van der Waals surface area (Å²) in [6.45, 7) is 0. The first-order valence-electron chi connectivity index (χ1n) is 7.66. The van der Waals surface area contributed by atoms with Gasteiger partial charge in [0, 0.05) is 37.8 Å². The summed E-state index contributed by atoms with van der Waals surface area (Å²) in [6.07, 6.45) is 2.83. The van der Waals surface area contributed by atoms with Crippen molar-refractivity contribution in [2.24, 2.45) is 14.1 Å². The maximum Gasteiger partial charge on any atom is 0.330 e. The molecular weight excluding hydrogens is 395 g/mol. The van der Waals surface area contributed by atoms with Crippen LogP contribution in [0.25, 0.3) is 0 Å². The molecule has 3 aromatic rings. The number of sulfonamides is 1. The molecule has 0 amide bonds. The molecule has 0 aliphatic carbocycles. The SMILES string of the molecule is Cn1cc(S(=O)(=O)Nc2ncc(Cc3cccc(F)c3)s2)c(=O)n(C)c1=O. The largest absolute Gasteiger partial charge is 0.330 e. The molecule has 0 atom stereocenters. The fraction of sp³-hybridized carbons (Fsp3) is 0.188. The standard InChI is InChI=1S/C16H15FN4O4S2/c1-20-9-13(14(22)21(2)16(20)23)27(24,25)19-15-18-8-12(26-15)7-10-4-3-5-11(17)6-10/h3-6,8-9H,7H2,1-2H3,(H,18,19). The number of nitrogens with one attached hydrogen (secondary N) is 1. The molecule has 2 aromatic heterocycles. The van der Waals surface area contributed by atoms with Crippen LogP contribution in [0.2, 0.25) is 0 Å². The van der Waals surface area contributed by atoms with E-state index in [1.165, 1.54) is 32.4 Å². The quantitative estimate of drug-likeness (QED) is 0.678. The molecule has 0 fully saturated rings. The van der Waals surface area contributed by atoms with Gasteiger partial charge in [0.05, 0.1) is 0 Å². The van der Waals surface area contributed by atoms with Crippen LogP contribution in [-0.4, -0.2) is 22.5 Å². The third kappa shape index (κ3) is 3.98. The second-order valence-electron chi connectivity index (χ2n) is 5.79. The highest BCUT2D eigenvalue weighted by Crippen LogP contribution is 2.23. The molecule has 1 aromatic carbocycles. The average molecular weight is 410 g/mol. The van der Waals surface area contributed by atoms with Crippen LogP contribution in [0.15, 0.2) is 51.1 Å². The summed E-state index contributed by atoms with van der Waals surface area (Å²) in [5, 5.41) is 0.0670. The van der Waals surface area contributed by atoms with E-state index in [0.717, 1.165) is 27.7 Å². The number of halogens is 1. The molecule has 142 valence electrons. The number of nitrogens with zero attached hydrogens (tertiary/aromatic N) is 3. The molecule has 0 aliphatic heterocycles. The highest BCUT2D eigenvalue weighted by atomic mass is 32.2. The van der Waals surface area contributed by atoms with Crippen LogP contribution in [0.4, 0.5) is 9.52 Å². The molecule has 8 nitrogen and oxygen atoms in total. The van der Waals surface area contributed by atoms with Crippen LogP contribution in [-0.2, 0) is 30.5 Å². The van der Waals surface area contributed by atoms with Gasteiger partial charge in [0.2, 0.25) is 0 Å². The van der Waals surface area contributed by atoms with Gasteiger partial charge in [0.1, 0.15) is 5.82 Å². The second kappa shape index (κ2) is 7.08. The lowest BCUT2D eigenvalue weighted by Gasteiger charge is -2.08. The second-order valence-corrected chi connectivity index (χ2v) is 8.56. The van der Waals surface area contributed by atoms with E-state index in [0.29, 0.717) is 15.9 Å². The molecule has 0 unspecified atom stereocenters. The molecule has 0 saturated heterocycles. The molecule has 0 spiro atoms. The first kappa shape index (κ1) is 19.0. The Bertz CT molecular complexity index is 1230. The number of aromatic nitrogens is 3. The van der Waals surface area contributed by atoms with Crippen molar-refractivity contribution in [2.45, 2.75) is 11.3 Å². The summed E-state index contributed by atoms with van der Waals surface area (Å²) in [6, 6.07) is 6.06. The van der Waals surface area contributed by atoms with Gasteiger partial charge in [-0.1, -0.05) is 12.1 Å². The average Bonchev–Trinajstić information content (AvgIpc) is 3.02.